The molecule has 4 heterocycles. The van der Waals surface area contributed by atoms with Crippen LogP contribution in [0.4, 0.5) is 13.6 Å². The third kappa shape index (κ3) is 8.09. The maximum absolute atomic E-state index is 14.3. The summed E-state index contributed by atoms with van der Waals surface area (Å²) in [5.41, 5.74) is -1.93. The number of amides is 2. The van der Waals surface area contributed by atoms with Gasteiger partial charge in [0.2, 0.25) is 18.0 Å². The molecule has 49 heavy (non-hydrogen) atoms. The Labute approximate surface area is 278 Å². The van der Waals surface area contributed by atoms with E-state index in [1.54, 1.807) is 11.8 Å². The molecule has 1 spiro atoms. The molecule has 1 aromatic heterocycles. The molecule has 1 fully saturated rings. The number of unbranched alkanes of at least 4 members (excludes halogenated alkanes) is 1. The van der Waals surface area contributed by atoms with Crippen molar-refractivity contribution in [2.24, 2.45) is 5.16 Å². The van der Waals surface area contributed by atoms with Gasteiger partial charge in [-0.05, 0) is 45.6 Å². The van der Waals surface area contributed by atoms with Crippen molar-refractivity contribution in [2.75, 3.05) is 26.6 Å². The van der Waals surface area contributed by atoms with Gasteiger partial charge in [0.1, 0.15) is 17.2 Å². The highest BCUT2D eigenvalue weighted by atomic mass is 31.2. The second-order valence-corrected chi connectivity index (χ2v) is 13.2. The van der Waals surface area contributed by atoms with Crippen molar-refractivity contribution in [3.05, 3.63) is 63.1 Å². The number of halogens is 2. The first-order chi connectivity index (χ1) is 23.2. The second kappa shape index (κ2) is 14.6. The molecule has 2 amide bonds. The Morgan fingerprint density at radius 3 is 2.63 bits per heavy atom. The van der Waals surface area contributed by atoms with E-state index >= 15 is 0 Å². The standard InChI is InChI=1S/C30H35F2N4O12P/c1-17-12-30(48-34-17)8-7-18(2)35-15-23(30)36-14-21(27(38)33-13-19-5-6-20(31)11-22(19)32)25(37)26(24(36)28(35)39)45-16-46-29(40)44-9-3-4-10-47-49(41,42)43/h5-6,11,14,18,23H,3-4,7-10,12-13,15-16H2,1-2H3,(H,33,38)(H2,41,42,43)/t18-,23+,30-/m0/s1. The normalized spacial score (nSPS) is 21.4. The van der Waals surface area contributed by atoms with E-state index in [0.717, 1.165) is 17.8 Å². The van der Waals surface area contributed by atoms with Gasteiger partial charge in [0.25, 0.3) is 11.8 Å². The van der Waals surface area contributed by atoms with Crippen molar-refractivity contribution in [1.29, 1.82) is 0 Å². The lowest BCUT2D eigenvalue weighted by molar-refractivity contribution is -0.0658. The van der Waals surface area contributed by atoms with Crippen LogP contribution < -0.4 is 15.5 Å². The Hall–Kier alpha value is -4.38. The van der Waals surface area contributed by atoms with Gasteiger partial charge >= 0.3 is 14.0 Å². The monoisotopic (exact) mass is 712 g/mol. The molecule has 16 nitrogen and oxygen atoms in total. The Kier molecular flexibility index (Phi) is 10.7. The van der Waals surface area contributed by atoms with Crippen molar-refractivity contribution < 1.29 is 61.1 Å². The molecule has 3 atom stereocenters. The minimum Gasteiger partial charge on any atom is -0.451 e. The Balaban J connectivity index is 1.41. The van der Waals surface area contributed by atoms with Crippen LogP contribution in [0.25, 0.3) is 0 Å². The highest BCUT2D eigenvalue weighted by Crippen LogP contribution is 2.46. The first-order valence-electron chi connectivity index (χ1n) is 15.4. The quantitative estimate of drug-likeness (QED) is 0.126. The van der Waals surface area contributed by atoms with Gasteiger partial charge in [0, 0.05) is 43.4 Å². The number of nitrogens with zero attached hydrogens (tertiary/aromatic N) is 3. The summed E-state index contributed by atoms with van der Waals surface area (Å²) >= 11 is 0. The molecule has 3 N–H and O–H groups in total. The molecular formula is C30H35F2N4O12P. The fourth-order valence-corrected chi connectivity index (χ4v) is 6.43. The molecule has 266 valence electrons. The van der Waals surface area contributed by atoms with Crippen LogP contribution in [-0.2, 0) is 29.9 Å². The van der Waals surface area contributed by atoms with Crippen molar-refractivity contribution >= 4 is 31.5 Å². The summed E-state index contributed by atoms with van der Waals surface area (Å²) in [6.45, 7) is 2.08. The summed E-state index contributed by atoms with van der Waals surface area (Å²) in [5, 5.41) is 6.61. The average Bonchev–Trinajstić information content (AvgIpc) is 3.36. The number of fused-ring (bicyclic) bond motifs is 5. The Morgan fingerprint density at radius 2 is 1.94 bits per heavy atom. The molecule has 2 aromatic rings. The zero-order valence-electron chi connectivity index (χ0n) is 26.6. The SMILES string of the molecule is CC1=NO[C@@]2(CC[C@H](C)N3C[C@H]2n2cc(C(=O)NCc4ccc(F)cc4F)c(=O)c(OCOC(=O)OCCCCOP(=O)(O)O)c2C3=O)C1. The van der Waals surface area contributed by atoms with Crippen LogP contribution in [0.2, 0.25) is 0 Å². The largest absolute Gasteiger partial charge is 0.511 e. The summed E-state index contributed by atoms with van der Waals surface area (Å²) < 4.78 is 59.6. The molecule has 0 unspecified atom stereocenters. The van der Waals surface area contributed by atoms with Gasteiger partial charge in [-0.1, -0.05) is 11.2 Å². The number of phosphoric acid groups is 1. The minimum absolute atomic E-state index is 0.0416. The zero-order chi connectivity index (χ0) is 35.5. The number of nitrogens with one attached hydrogen (secondary N) is 1. The predicted octanol–water partition coefficient (Wildman–Crippen LogP) is 3.15. The van der Waals surface area contributed by atoms with Gasteiger partial charge in [-0.3, -0.25) is 18.9 Å². The lowest BCUT2D eigenvalue weighted by Crippen LogP contribution is -2.52. The molecule has 3 aliphatic rings. The summed E-state index contributed by atoms with van der Waals surface area (Å²) in [7, 11) is -4.62. The van der Waals surface area contributed by atoms with Crippen LogP contribution in [-0.4, -0.2) is 81.1 Å². The van der Waals surface area contributed by atoms with E-state index in [9.17, 15) is 32.5 Å². The number of ether oxygens (including phenoxy) is 3. The number of carbonyl (C=O) groups excluding carboxylic acids is 3. The van der Waals surface area contributed by atoms with E-state index in [1.165, 1.54) is 10.8 Å². The Morgan fingerprint density at radius 1 is 1.18 bits per heavy atom. The topological polar surface area (TPSA) is 205 Å². The molecule has 3 aliphatic heterocycles. The molecule has 1 saturated heterocycles. The molecule has 19 heteroatoms. The lowest BCUT2D eigenvalue weighted by atomic mass is 9.84. The van der Waals surface area contributed by atoms with E-state index in [-0.39, 0.29) is 49.9 Å². The number of aromatic nitrogens is 1. The number of phosphoric ester groups is 1. The van der Waals surface area contributed by atoms with Crippen LogP contribution in [0.15, 0.2) is 34.3 Å². The molecule has 0 radical (unpaired) electrons. The van der Waals surface area contributed by atoms with E-state index in [4.69, 9.17) is 28.8 Å². The predicted molar refractivity (Wildman–Crippen MR) is 164 cm³/mol. The van der Waals surface area contributed by atoms with Crippen LogP contribution in [0.1, 0.15) is 78.4 Å². The van der Waals surface area contributed by atoms with Crippen molar-refractivity contribution in [2.45, 2.75) is 70.2 Å². The molecule has 2 bridgehead atoms. The highest BCUT2D eigenvalue weighted by molar-refractivity contribution is 7.46. The zero-order valence-corrected chi connectivity index (χ0v) is 27.5. The van der Waals surface area contributed by atoms with Crippen molar-refractivity contribution in [1.82, 2.24) is 14.8 Å². The van der Waals surface area contributed by atoms with Gasteiger partial charge in [0.15, 0.2) is 11.3 Å². The molecule has 1 aromatic carbocycles. The maximum Gasteiger partial charge on any atom is 0.511 e. The number of oxime groups is 1. The smallest absolute Gasteiger partial charge is 0.451 e. The van der Waals surface area contributed by atoms with E-state index in [1.807, 2.05) is 6.92 Å². The molecule has 0 saturated carbocycles. The number of carbonyl (C=O) groups is 3. The fourth-order valence-electron chi connectivity index (χ4n) is 6.06. The molecular weight excluding hydrogens is 677 g/mol. The number of rotatable bonds is 12. The fraction of sp³-hybridized carbons (Fsp3) is 0.500. The lowest BCUT2D eigenvalue weighted by Gasteiger charge is -2.42. The van der Waals surface area contributed by atoms with E-state index in [0.29, 0.717) is 25.3 Å². The minimum atomic E-state index is -4.62. The number of benzene rings is 1. The van der Waals surface area contributed by atoms with Gasteiger partial charge in [-0.2, -0.15) is 0 Å². The second-order valence-electron chi connectivity index (χ2n) is 11.9. The van der Waals surface area contributed by atoms with Gasteiger partial charge in [0.05, 0.1) is 25.0 Å². The summed E-state index contributed by atoms with van der Waals surface area (Å²) in [6, 6.07) is 1.93. The van der Waals surface area contributed by atoms with E-state index < -0.39 is 79.1 Å². The van der Waals surface area contributed by atoms with Crippen LogP contribution in [0.5, 0.6) is 5.75 Å². The first kappa shape index (κ1) is 35.9. The van der Waals surface area contributed by atoms with E-state index in [2.05, 4.69) is 15.0 Å². The average molecular weight is 713 g/mol. The van der Waals surface area contributed by atoms with Gasteiger partial charge in [-0.15, -0.1) is 0 Å². The van der Waals surface area contributed by atoms with Crippen LogP contribution >= 0.6 is 7.82 Å². The molecule has 5 rings (SSSR count). The van der Waals surface area contributed by atoms with Crippen molar-refractivity contribution in [3.63, 3.8) is 0 Å². The number of hydrogen-bond acceptors (Lipinski definition) is 11. The van der Waals surface area contributed by atoms with Crippen molar-refractivity contribution in [3.8, 4) is 5.75 Å². The van der Waals surface area contributed by atoms with Crippen LogP contribution in [0.3, 0.4) is 0 Å². The summed E-state index contributed by atoms with van der Waals surface area (Å²) in [6.07, 6.45) is 1.83. The number of hydrogen-bond donors (Lipinski definition) is 3. The number of pyridine rings is 1. The molecule has 0 aliphatic carbocycles. The van der Waals surface area contributed by atoms with Crippen LogP contribution in [0, 0.1) is 11.6 Å². The highest BCUT2D eigenvalue weighted by Gasteiger charge is 2.54. The maximum atomic E-state index is 14.3. The third-order valence-corrected chi connectivity index (χ3v) is 9.04. The Bertz CT molecular complexity index is 1760. The van der Waals surface area contributed by atoms with Gasteiger partial charge < -0.3 is 43.6 Å². The van der Waals surface area contributed by atoms with Gasteiger partial charge in [-0.25, -0.2) is 18.1 Å². The first-order valence-corrected chi connectivity index (χ1v) is 16.9. The third-order valence-electron chi connectivity index (χ3n) is 8.52. The summed E-state index contributed by atoms with van der Waals surface area (Å²) in [5.74, 6) is -3.80. The summed E-state index contributed by atoms with van der Waals surface area (Å²) in [4.78, 5) is 78.4.